The number of amides is 1. The molecule has 0 radical (unpaired) electrons. The number of aliphatic hydroxyl groups excluding tert-OH is 2. The van der Waals surface area contributed by atoms with Crippen molar-refractivity contribution in [1.29, 1.82) is 0 Å². The lowest BCUT2D eigenvalue weighted by Crippen LogP contribution is -2.45. The summed E-state index contributed by atoms with van der Waals surface area (Å²) >= 11 is 0. The Hall–Kier alpha value is -0.610. The molecular weight excluding hydrogens is 915 g/mol. The van der Waals surface area contributed by atoms with Gasteiger partial charge < -0.3 is 15.5 Å². The normalized spacial score (nSPS) is 12.5. The zero-order chi connectivity index (χ0) is 54.1. The maximum Gasteiger partial charge on any atom is 0.220 e. The molecule has 2 unspecified atom stereocenters. The molecule has 0 aromatic heterocycles. The van der Waals surface area contributed by atoms with E-state index >= 15 is 0 Å². The summed E-state index contributed by atoms with van der Waals surface area (Å²) in [5.74, 6) is -0.0190. The average Bonchev–Trinajstić information content (AvgIpc) is 3.41. The van der Waals surface area contributed by atoms with Gasteiger partial charge in [0.1, 0.15) is 0 Å². The summed E-state index contributed by atoms with van der Waals surface area (Å²) in [6.45, 7) is 4.42. The van der Waals surface area contributed by atoms with E-state index in [9.17, 15) is 15.0 Å². The Balaban J connectivity index is 3.34. The third kappa shape index (κ3) is 64.1. The SMILES string of the molecule is CCCCCCCCCCCCCCCCCCCCCCCCCCCCCCCCCCCCCCCC(=O)NC(CO)C(O)CCCCCCCCCCCCCCCCCCCCCCCCCCCC. The molecule has 0 aromatic rings. The summed E-state index contributed by atoms with van der Waals surface area (Å²) in [6, 6.07) is -0.533. The van der Waals surface area contributed by atoms with Crippen LogP contribution in [0.15, 0.2) is 0 Å². The first-order chi connectivity index (χ1) is 37.2. The van der Waals surface area contributed by atoms with E-state index in [1.807, 2.05) is 0 Å². The molecule has 3 N–H and O–H groups in total. The number of hydrogen-bond acceptors (Lipinski definition) is 3. The molecule has 0 aliphatic carbocycles. The Morgan fingerprint density at radius 3 is 0.600 bits per heavy atom. The smallest absolute Gasteiger partial charge is 0.220 e. The number of unbranched alkanes of at least 4 members (excludes halogenated alkanes) is 61. The predicted octanol–water partition coefficient (Wildman–Crippen LogP) is 24.2. The maximum absolute atomic E-state index is 12.6. The molecule has 4 nitrogen and oxygen atoms in total. The van der Waals surface area contributed by atoms with Gasteiger partial charge in [0.15, 0.2) is 0 Å². The van der Waals surface area contributed by atoms with Gasteiger partial charge in [-0.3, -0.25) is 4.79 Å². The molecule has 0 aliphatic heterocycles. The highest BCUT2D eigenvalue weighted by Crippen LogP contribution is 2.20. The van der Waals surface area contributed by atoms with Crippen molar-refractivity contribution >= 4 is 5.91 Å². The van der Waals surface area contributed by atoms with E-state index in [4.69, 9.17) is 0 Å². The van der Waals surface area contributed by atoms with Crippen molar-refractivity contribution in [3.05, 3.63) is 0 Å². The zero-order valence-corrected chi connectivity index (χ0v) is 52.1. The largest absolute Gasteiger partial charge is 0.394 e. The van der Waals surface area contributed by atoms with Crippen molar-refractivity contribution in [3.8, 4) is 0 Å². The highest BCUT2D eigenvalue weighted by molar-refractivity contribution is 5.76. The highest BCUT2D eigenvalue weighted by Gasteiger charge is 2.20. The van der Waals surface area contributed by atoms with E-state index in [1.165, 1.54) is 379 Å². The average molecular weight is 1060 g/mol. The lowest BCUT2D eigenvalue weighted by atomic mass is 10.0. The second-order valence-corrected chi connectivity index (χ2v) is 25.0. The van der Waals surface area contributed by atoms with Crippen LogP contribution in [0.1, 0.15) is 431 Å². The first kappa shape index (κ1) is 74.4. The summed E-state index contributed by atoms with van der Waals surface area (Å²) in [5, 5.41) is 23.5. The molecule has 2 atom stereocenters. The molecule has 0 aliphatic rings. The maximum atomic E-state index is 12.6. The summed E-state index contributed by atoms with van der Waals surface area (Å²) in [4.78, 5) is 12.6. The van der Waals surface area contributed by atoms with Gasteiger partial charge in [-0.1, -0.05) is 412 Å². The van der Waals surface area contributed by atoms with Gasteiger partial charge in [0.2, 0.25) is 5.91 Å². The van der Waals surface area contributed by atoms with E-state index in [-0.39, 0.29) is 12.5 Å². The number of nitrogens with one attached hydrogen (secondary N) is 1. The Bertz CT molecular complexity index is 1020. The van der Waals surface area contributed by atoms with Gasteiger partial charge >= 0.3 is 0 Å². The van der Waals surface area contributed by atoms with Crippen LogP contribution in [0.25, 0.3) is 0 Å². The molecule has 75 heavy (non-hydrogen) atoms. The number of hydrogen-bond donors (Lipinski definition) is 3. The Labute approximate surface area is 474 Å². The molecule has 0 spiro atoms. The fraction of sp³-hybridized carbons (Fsp3) is 0.986. The van der Waals surface area contributed by atoms with E-state index in [0.29, 0.717) is 12.8 Å². The summed E-state index contributed by atoms with van der Waals surface area (Å²) in [6.07, 6.45) is 88.9. The standard InChI is InChI=1S/C71H143NO3/c1-3-5-7-9-11-13-15-17-19-21-23-25-27-29-31-32-33-34-35-36-37-38-39-40-41-43-45-47-49-51-53-55-57-59-61-63-65-67-71(75)72-69(68-73)70(74)66-64-62-60-58-56-54-52-50-48-46-44-42-30-28-26-24-22-20-18-16-14-12-10-8-6-4-2/h69-70,73-74H,3-68H2,1-2H3,(H,72,75). The van der Waals surface area contributed by atoms with Crippen molar-refractivity contribution < 1.29 is 15.0 Å². The lowest BCUT2D eigenvalue weighted by molar-refractivity contribution is -0.123. The van der Waals surface area contributed by atoms with Crippen molar-refractivity contribution in [2.45, 2.75) is 443 Å². The minimum absolute atomic E-state index is 0.0190. The van der Waals surface area contributed by atoms with E-state index in [2.05, 4.69) is 19.2 Å². The Morgan fingerprint density at radius 1 is 0.267 bits per heavy atom. The van der Waals surface area contributed by atoms with Crippen molar-refractivity contribution in [3.63, 3.8) is 0 Å². The van der Waals surface area contributed by atoms with Crippen molar-refractivity contribution in [2.24, 2.45) is 0 Å². The lowest BCUT2D eigenvalue weighted by Gasteiger charge is -2.22. The first-order valence-electron chi connectivity index (χ1n) is 35.7. The van der Waals surface area contributed by atoms with Crippen LogP contribution in [0.3, 0.4) is 0 Å². The molecule has 0 aromatic carbocycles. The van der Waals surface area contributed by atoms with Gasteiger partial charge in [0.05, 0.1) is 18.8 Å². The second kappa shape index (κ2) is 67.7. The predicted molar refractivity (Wildman–Crippen MR) is 336 cm³/mol. The summed E-state index contributed by atoms with van der Waals surface area (Å²) in [5.41, 5.74) is 0. The molecule has 1 amide bonds. The van der Waals surface area contributed by atoms with Gasteiger partial charge in [0.25, 0.3) is 0 Å². The molecule has 450 valence electrons. The quantitative estimate of drug-likeness (QED) is 0.0532. The number of rotatable bonds is 68. The fourth-order valence-corrected chi connectivity index (χ4v) is 12.0. The number of aliphatic hydroxyl groups is 2. The molecule has 0 heterocycles. The van der Waals surface area contributed by atoms with Crippen molar-refractivity contribution in [2.75, 3.05) is 6.61 Å². The summed E-state index contributed by atoms with van der Waals surface area (Å²) < 4.78 is 0. The van der Waals surface area contributed by atoms with Gasteiger partial charge in [-0.05, 0) is 12.8 Å². The molecule has 4 heteroatoms. The van der Waals surface area contributed by atoms with Gasteiger partial charge in [-0.15, -0.1) is 0 Å². The van der Waals surface area contributed by atoms with Crippen LogP contribution in [0, 0.1) is 0 Å². The minimum Gasteiger partial charge on any atom is -0.394 e. The molecule has 0 saturated heterocycles. The topological polar surface area (TPSA) is 69.6 Å². The van der Waals surface area contributed by atoms with Gasteiger partial charge in [0, 0.05) is 6.42 Å². The monoisotopic (exact) mass is 1060 g/mol. The van der Waals surface area contributed by atoms with E-state index < -0.39 is 12.1 Å². The molecule has 0 rings (SSSR count). The van der Waals surface area contributed by atoms with Crippen LogP contribution >= 0.6 is 0 Å². The second-order valence-electron chi connectivity index (χ2n) is 25.0. The molecule has 0 bridgehead atoms. The van der Waals surface area contributed by atoms with E-state index in [1.54, 1.807) is 0 Å². The zero-order valence-electron chi connectivity index (χ0n) is 52.1. The van der Waals surface area contributed by atoms with Crippen LogP contribution in [0.5, 0.6) is 0 Å². The highest BCUT2D eigenvalue weighted by atomic mass is 16.3. The number of carbonyl (C=O) groups excluding carboxylic acids is 1. The first-order valence-corrected chi connectivity index (χ1v) is 35.7. The Kier molecular flexibility index (Phi) is 67.1. The number of carbonyl (C=O) groups is 1. The van der Waals surface area contributed by atoms with Crippen LogP contribution in [0.4, 0.5) is 0 Å². The van der Waals surface area contributed by atoms with Crippen LogP contribution in [0.2, 0.25) is 0 Å². The van der Waals surface area contributed by atoms with Crippen LogP contribution in [-0.4, -0.2) is 34.9 Å². The summed E-state index contributed by atoms with van der Waals surface area (Å²) in [7, 11) is 0. The van der Waals surface area contributed by atoms with Gasteiger partial charge in [-0.2, -0.15) is 0 Å². The Morgan fingerprint density at radius 2 is 0.427 bits per heavy atom. The van der Waals surface area contributed by atoms with Crippen LogP contribution < -0.4 is 5.32 Å². The minimum atomic E-state index is -0.656. The third-order valence-electron chi connectivity index (χ3n) is 17.4. The molecular formula is C71H143NO3. The van der Waals surface area contributed by atoms with E-state index in [0.717, 1.165) is 25.7 Å². The third-order valence-corrected chi connectivity index (χ3v) is 17.4. The van der Waals surface area contributed by atoms with Gasteiger partial charge in [-0.25, -0.2) is 0 Å². The van der Waals surface area contributed by atoms with Crippen molar-refractivity contribution in [1.82, 2.24) is 5.32 Å². The van der Waals surface area contributed by atoms with Crippen LogP contribution in [-0.2, 0) is 4.79 Å². The fourth-order valence-electron chi connectivity index (χ4n) is 12.0. The molecule has 0 fully saturated rings. The molecule has 0 saturated carbocycles.